The fraction of sp³-hybridized carbons (Fsp3) is 0.647. The summed E-state index contributed by atoms with van der Waals surface area (Å²) in [5.74, 6) is 1.11. The largest absolute Gasteiger partial charge is 0.344 e. The fourth-order valence-electron chi connectivity index (χ4n) is 3.78. The number of carbonyl (C=O) groups is 1. The first-order valence-electron chi connectivity index (χ1n) is 8.79. The summed E-state index contributed by atoms with van der Waals surface area (Å²) < 4.78 is 0. The second-order valence-corrected chi connectivity index (χ2v) is 7.52. The molecular weight excluding hydrogens is 326 g/mol. The number of halogens is 1. The molecule has 1 amide bonds. The standard InChI is InChI=1S/C17H24ClN5O/c1-19-11-3-2-6-23(9-11)15-12(18)7-20-16-14(15)13(8-21-16)22-17(24)10-4-5-10/h7-8,10-12,15,19,21H,2-6,9H2,1H3,(H,22,24). The van der Waals surface area contributed by atoms with Crippen LogP contribution in [0, 0.1) is 5.92 Å². The van der Waals surface area contributed by atoms with Crippen molar-refractivity contribution in [3.8, 4) is 0 Å². The molecule has 0 spiro atoms. The molecule has 3 unspecified atom stereocenters. The van der Waals surface area contributed by atoms with Crippen LogP contribution in [0.5, 0.6) is 0 Å². The van der Waals surface area contributed by atoms with Gasteiger partial charge in [0.1, 0.15) is 5.82 Å². The molecule has 7 heteroatoms. The zero-order valence-corrected chi connectivity index (χ0v) is 14.6. The molecule has 1 saturated carbocycles. The first-order chi connectivity index (χ1) is 11.7. The van der Waals surface area contributed by atoms with Crippen LogP contribution >= 0.6 is 11.6 Å². The Labute approximate surface area is 147 Å². The van der Waals surface area contributed by atoms with E-state index in [1.54, 1.807) is 6.21 Å². The Morgan fingerprint density at radius 3 is 3.00 bits per heavy atom. The maximum atomic E-state index is 12.2. The molecule has 0 aromatic carbocycles. The molecule has 1 aromatic heterocycles. The number of rotatable bonds is 4. The van der Waals surface area contributed by atoms with Gasteiger partial charge in [-0.15, -0.1) is 11.6 Å². The van der Waals surface area contributed by atoms with Gasteiger partial charge in [0.05, 0.1) is 17.1 Å². The Balaban J connectivity index is 1.62. The lowest BCUT2D eigenvalue weighted by molar-refractivity contribution is -0.117. The van der Waals surface area contributed by atoms with Gasteiger partial charge >= 0.3 is 0 Å². The molecule has 6 nitrogen and oxygen atoms in total. The van der Waals surface area contributed by atoms with Gasteiger partial charge in [-0.05, 0) is 39.3 Å². The highest BCUT2D eigenvalue weighted by atomic mass is 35.5. The number of aromatic amines is 1. The molecule has 3 atom stereocenters. The lowest BCUT2D eigenvalue weighted by atomic mass is 9.96. The van der Waals surface area contributed by atoms with E-state index in [0.717, 1.165) is 49.4 Å². The topological polar surface area (TPSA) is 72.5 Å². The molecule has 2 aliphatic heterocycles. The predicted octanol–water partition coefficient (Wildman–Crippen LogP) is 2.41. The van der Waals surface area contributed by atoms with Crippen molar-refractivity contribution in [1.82, 2.24) is 15.2 Å². The third-order valence-corrected chi connectivity index (χ3v) is 5.65. The third-order valence-electron chi connectivity index (χ3n) is 5.30. The molecule has 1 saturated heterocycles. The SMILES string of the molecule is CNC1CCCN(C2c3c(NC(=O)C4CC4)c[nH]c3N=CC2Cl)C1. The Morgan fingerprint density at radius 1 is 1.42 bits per heavy atom. The number of hydrogen-bond donors (Lipinski definition) is 3. The number of likely N-dealkylation sites (N-methyl/N-ethyl adjacent to an activating group) is 1. The molecule has 2 fully saturated rings. The predicted molar refractivity (Wildman–Crippen MR) is 96.3 cm³/mol. The van der Waals surface area contributed by atoms with Crippen LogP contribution in [-0.2, 0) is 4.79 Å². The average Bonchev–Trinajstić information content (AvgIpc) is 3.38. The third kappa shape index (κ3) is 2.98. The number of nitrogens with zero attached hydrogens (tertiary/aromatic N) is 2. The van der Waals surface area contributed by atoms with E-state index >= 15 is 0 Å². The van der Waals surface area contributed by atoms with Crippen LogP contribution in [0.4, 0.5) is 11.5 Å². The second-order valence-electron chi connectivity index (χ2n) is 7.02. The van der Waals surface area contributed by atoms with E-state index in [9.17, 15) is 4.79 Å². The number of piperidine rings is 1. The van der Waals surface area contributed by atoms with Gasteiger partial charge in [-0.3, -0.25) is 9.69 Å². The van der Waals surface area contributed by atoms with Crippen LogP contribution in [0.15, 0.2) is 11.2 Å². The van der Waals surface area contributed by atoms with Gasteiger partial charge in [0, 0.05) is 36.5 Å². The number of aromatic nitrogens is 1. The van der Waals surface area contributed by atoms with E-state index in [4.69, 9.17) is 11.6 Å². The van der Waals surface area contributed by atoms with E-state index in [0.29, 0.717) is 6.04 Å². The summed E-state index contributed by atoms with van der Waals surface area (Å²) in [5, 5.41) is 6.27. The number of amides is 1. The van der Waals surface area contributed by atoms with Crippen LogP contribution < -0.4 is 10.6 Å². The monoisotopic (exact) mass is 349 g/mol. The van der Waals surface area contributed by atoms with Gasteiger partial charge < -0.3 is 15.6 Å². The number of aliphatic imine (C=N–C) groups is 1. The first kappa shape index (κ1) is 16.1. The molecule has 0 radical (unpaired) electrons. The van der Waals surface area contributed by atoms with Gasteiger partial charge in [0.2, 0.25) is 5.91 Å². The average molecular weight is 350 g/mol. The molecule has 1 aromatic rings. The minimum Gasteiger partial charge on any atom is -0.344 e. The number of likely N-dealkylation sites (tertiary alicyclic amines) is 1. The van der Waals surface area contributed by atoms with Crippen LogP contribution in [0.2, 0.25) is 0 Å². The minimum absolute atomic E-state index is 0.0380. The first-order valence-corrected chi connectivity index (χ1v) is 9.22. The molecule has 3 N–H and O–H groups in total. The van der Waals surface area contributed by atoms with Crippen LogP contribution in [0.3, 0.4) is 0 Å². The Kier molecular flexibility index (Phi) is 4.37. The van der Waals surface area contributed by atoms with E-state index in [1.165, 1.54) is 6.42 Å². The van der Waals surface area contributed by atoms with Crippen molar-refractivity contribution >= 4 is 35.2 Å². The Bertz CT molecular complexity index is 653. The summed E-state index contributed by atoms with van der Waals surface area (Å²) in [6.45, 7) is 1.97. The second kappa shape index (κ2) is 6.50. The summed E-state index contributed by atoms with van der Waals surface area (Å²) in [7, 11) is 2.01. The van der Waals surface area contributed by atoms with Crippen molar-refractivity contribution < 1.29 is 4.79 Å². The molecule has 1 aliphatic carbocycles. The lowest BCUT2D eigenvalue weighted by Gasteiger charge is -2.40. The van der Waals surface area contributed by atoms with E-state index in [1.807, 2.05) is 13.2 Å². The normalized spacial score (nSPS) is 30.2. The van der Waals surface area contributed by atoms with Crippen LogP contribution in [0.25, 0.3) is 0 Å². The van der Waals surface area contributed by atoms with Crippen molar-refractivity contribution in [1.29, 1.82) is 0 Å². The molecule has 130 valence electrons. The number of anilines is 1. The summed E-state index contributed by atoms with van der Waals surface area (Å²) in [6, 6.07) is 0.518. The van der Waals surface area contributed by atoms with Gasteiger partial charge in [0.25, 0.3) is 0 Å². The quantitative estimate of drug-likeness (QED) is 0.731. The lowest BCUT2D eigenvalue weighted by Crippen LogP contribution is -2.48. The highest BCUT2D eigenvalue weighted by Crippen LogP contribution is 2.43. The highest BCUT2D eigenvalue weighted by molar-refractivity contribution is 6.29. The summed E-state index contributed by atoms with van der Waals surface area (Å²) >= 11 is 6.64. The Morgan fingerprint density at radius 2 is 2.25 bits per heavy atom. The van der Waals surface area contributed by atoms with Crippen molar-refractivity contribution in [2.75, 3.05) is 25.5 Å². The smallest absolute Gasteiger partial charge is 0.227 e. The van der Waals surface area contributed by atoms with Gasteiger partial charge in [0.15, 0.2) is 0 Å². The van der Waals surface area contributed by atoms with Crippen LogP contribution in [-0.4, -0.2) is 53.6 Å². The maximum Gasteiger partial charge on any atom is 0.227 e. The number of alkyl halides is 1. The van der Waals surface area contributed by atoms with Gasteiger partial charge in [-0.25, -0.2) is 4.99 Å². The molecular formula is C17H24ClN5O. The molecule has 3 heterocycles. The molecule has 24 heavy (non-hydrogen) atoms. The van der Waals surface area contributed by atoms with Crippen molar-refractivity contribution in [3.63, 3.8) is 0 Å². The number of hydrogen-bond acceptors (Lipinski definition) is 4. The van der Waals surface area contributed by atoms with E-state index in [-0.39, 0.29) is 23.2 Å². The number of nitrogens with one attached hydrogen (secondary N) is 3. The number of H-pyrrole nitrogens is 1. The summed E-state index contributed by atoms with van der Waals surface area (Å²) in [5.41, 5.74) is 1.87. The summed E-state index contributed by atoms with van der Waals surface area (Å²) in [4.78, 5) is 22.3. The molecule has 4 rings (SSSR count). The van der Waals surface area contributed by atoms with Crippen molar-refractivity contribution in [2.24, 2.45) is 10.9 Å². The Hall–Kier alpha value is -1.37. The zero-order chi connectivity index (χ0) is 16.7. The highest BCUT2D eigenvalue weighted by Gasteiger charge is 2.38. The molecule has 3 aliphatic rings. The minimum atomic E-state index is -0.194. The van der Waals surface area contributed by atoms with Crippen molar-refractivity contribution in [3.05, 3.63) is 11.8 Å². The number of carbonyl (C=O) groups excluding carboxylic acids is 1. The van der Waals surface area contributed by atoms with Crippen molar-refractivity contribution in [2.45, 2.75) is 43.1 Å². The van der Waals surface area contributed by atoms with Gasteiger partial charge in [-0.1, -0.05) is 0 Å². The fourth-order valence-corrected chi connectivity index (χ4v) is 4.12. The van der Waals surface area contributed by atoms with Crippen LogP contribution in [0.1, 0.15) is 37.3 Å². The molecule has 0 bridgehead atoms. The maximum absolute atomic E-state index is 12.2. The zero-order valence-electron chi connectivity index (χ0n) is 13.9. The number of fused-ring (bicyclic) bond motifs is 1. The van der Waals surface area contributed by atoms with E-state index < -0.39 is 0 Å². The van der Waals surface area contributed by atoms with E-state index in [2.05, 4.69) is 25.5 Å². The van der Waals surface area contributed by atoms with Gasteiger partial charge in [-0.2, -0.15) is 0 Å². The summed E-state index contributed by atoms with van der Waals surface area (Å²) in [6.07, 6.45) is 7.98.